The molecule has 2 aromatic rings. The Balaban J connectivity index is 1.46. The van der Waals surface area contributed by atoms with Crippen LogP contribution in [0.3, 0.4) is 0 Å². The highest BCUT2D eigenvalue weighted by atomic mass is 35.5. The minimum atomic E-state index is -0.327. The highest BCUT2D eigenvalue weighted by molar-refractivity contribution is 7.17. The van der Waals surface area contributed by atoms with E-state index in [1.807, 2.05) is 18.2 Å². The van der Waals surface area contributed by atoms with Crippen LogP contribution < -0.4 is 5.32 Å². The lowest BCUT2D eigenvalue weighted by Crippen LogP contribution is -2.40. The van der Waals surface area contributed by atoms with Gasteiger partial charge >= 0.3 is 5.97 Å². The number of aryl methyl sites for hydroxylation is 1. The molecular formula is C24H28Cl2N2O3S. The van der Waals surface area contributed by atoms with Gasteiger partial charge in [-0.1, -0.05) is 29.3 Å². The van der Waals surface area contributed by atoms with Gasteiger partial charge in [-0.2, -0.15) is 0 Å². The largest absolute Gasteiger partial charge is 0.462 e. The third kappa shape index (κ3) is 5.30. The van der Waals surface area contributed by atoms with Crippen molar-refractivity contribution in [2.75, 3.05) is 25.0 Å². The number of amides is 1. The summed E-state index contributed by atoms with van der Waals surface area (Å²) in [6, 6.07) is 5.66. The van der Waals surface area contributed by atoms with E-state index in [1.54, 1.807) is 18.3 Å². The number of likely N-dealkylation sites (tertiary alicyclic amines) is 1. The number of hydrogen-bond acceptors (Lipinski definition) is 5. The predicted octanol–water partition coefficient (Wildman–Crippen LogP) is 5.96. The molecule has 4 rings (SSSR count). The van der Waals surface area contributed by atoms with Gasteiger partial charge in [-0.15, -0.1) is 11.3 Å². The maximum atomic E-state index is 13.2. The summed E-state index contributed by atoms with van der Waals surface area (Å²) in [6.45, 7) is 4.46. The first-order valence-corrected chi connectivity index (χ1v) is 12.8. The number of esters is 1. The molecule has 172 valence electrons. The van der Waals surface area contributed by atoms with Gasteiger partial charge in [0.25, 0.3) is 0 Å². The third-order valence-corrected chi connectivity index (χ3v) is 8.10. The summed E-state index contributed by atoms with van der Waals surface area (Å²) in [5.41, 5.74) is 2.72. The molecule has 2 aliphatic rings. The van der Waals surface area contributed by atoms with Crippen LogP contribution in [-0.2, 0) is 28.9 Å². The Kier molecular flexibility index (Phi) is 7.77. The second-order valence-corrected chi connectivity index (χ2v) is 10.4. The normalized spacial score (nSPS) is 18.8. The molecule has 0 radical (unpaired) electrons. The van der Waals surface area contributed by atoms with Gasteiger partial charge in [0.05, 0.1) is 28.1 Å². The van der Waals surface area contributed by atoms with Crippen molar-refractivity contribution in [3.63, 3.8) is 0 Å². The van der Waals surface area contributed by atoms with Crippen molar-refractivity contribution in [1.82, 2.24) is 4.90 Å². The van der Waals surface area contributed by atoms with Crippen molar-refractivity contribution < 1.29 is 14.3 Å². The number of carbonyl (C=O) groups excluding carboxylic acids is 2. The Morgan fingerprint density at radius 2 is 2.00 bits per heavy atom. The smallest absolute Gasteiger partial charge is 0.341 e. The predicted molar refractivity (Wildman–Crippen MR) is 130 cm³/mol. The summed E-state index contributed by atoms with van der Waals surface area (Å²) in [5.74, 6) is -0.472. The van der Waals surface area contributed by atoms with Gasteiger partial charge < -0.3 is 10.1 Å². The van der Waals surface area contributed by atoms with Crippen LogP contribution in [0.2, 0.25) is 10.0 Å². The Labute approximate surface area is 203 Å². The van der Waals surface area contributed by atoms with Crippen molar-refractivity contribution >= 4 is 51.4 Å². The highest BCUT2D eigenvalue weighted by Crippen LogP contribution is 2.39. The van der Waals surface area contributed by atoms with E-state index in [2.05, 4.69) is 10.2 Å². The van der Waals surface area contributed by atoms with Gasteiger partial charge in [-0.3, -0.25) is 9.69 Å². The van der Waals surface area contributed by atoms with Crippen molar-refractivity contribution in [3.05, 3.63) is 49.8 Å². The van der Waals surface area contributed by atoms with Crippen molar-refractivity contribution in [2.45, 2.75) is 52.0 Å². The van der Waals surface area contributed by atoms with Gasteiger partial charge in [0.2, 0.25) is 5.91 Å². The average molecular weight is 495 g/mol. The maximum absolute atomic E-state index is 13.2. The first-order valence-electron chi connectivity index (χ1n) is 11.2. The summed E-state index contributed by atoms with van der Waals surface area (Å²) >= 11 is 13.7. The Morgan fingerprint density at radius 3 is 2.78 bits per heavy atom. The zero-order valence-electron chi connectivity index (χ0n) is 18.2. The summed E-state index contributed by atoms with van der Waals surface area (Å²) in [6.07, 6.45) is 5.81. The van der Waals surface area contributed by atoms with E-state index in [0.29, 0.717) is 33.8 Å². The molecule has 5 nitrogen and oxygen atoms in total. The molecule has 1 saturated heterocycles. The summed E-state index contributed by atoms with van der Waals surface area (Å²) < 4.78 is 5.31. The molecule has 1 aliphatic carbocycles. The van der Waals surface area contributed by atoms with E-state index in [0.717, 1.165) is 62.7 Å². The minimum Gasteiger partial charge on any atom is -0.462 e. The molecule has 0 saturated carbocycles. The molecule has 1 amide bonds. The lowest BCUT2D eigenvalue weighted by molar-refractivity contribution is -0.121. The second-order valence-electron chi connectivity index (χ2n) is 8.45. The summed E-state index contributed by atoms with van der Waals surface area (Å²) in [5, 5.41) is 4.83. The van der Waals surface area contributed by atoms with Crippen LogP contribution in [0.15, 0.2) is 18.2 Å². The van der Waals surface area contributed by atoms with E-state index in [-0.39, 0.29) is 17.8 Å². The number of benzene rings is 1. The number of hydrogen-bond donors (Lipinski definition) is 1. The van der Waals surface area contributed by atoms with Crippen LogP contribution >= 0.6 is 34.5 Å². The van der Waals surface area contributed by atoms with Crippen molar-refractivity contribution in [1.29, 1.82) is 0 Å². The highest BCUT2D eigenvalue weighted by Gasteiger charge is 2.30. The average Bonchev–Trinajstić information content (AvgIpc) is 3.14. The number of piperidine rings is 1. The summed E-state index contributed by atoms with van der Waals surface area (Å²) in [7, 11) is 0. The van der Waals surface area contributed by atoms with E-state index >= 15 is 0 Å². The fourth-order valence-electron chi connectivity index (χ4n) is 4.60. The zero-order valence-corrected chi connectivity index (χ0v) is 20.5. The van der Waals surface area contributed by atoms with E-state index < -0.39 is 0 Å². The van der Waals surface area contributed by atoms with Crippen molar-refractivity contribution in [3.8, 4) is 0 Å². The molecule has 1 aliphatic heterocycles. The van der Waals surface area contributed by atoms with Crippen LogP contribution in [0.25, 0.3) is 0 Å². The number of rotatable bonds is 6. The van der Waals surface area contributed by atoms with Crippen LogP contribution in [-0.4, -0.2) is 36.5 Å². The minimum absolute atomic E-state index is 0.0204. The number of halogens is 2. The maximum Gasteiger partial charge on any atom is 0.341 e. The molecule has 0 spiro atoms. The number of fused-ring (bicyclic) bond motifs is 1. The van der Waals surface area contributed by atoms with E-state index in [1.165, 1.54) is 4.88 Å². The first-order chi connectivity index (χ1) is 15.5. The molecule has 1 aromatic carbocycles. The fourth-order valence-corrected chi connectivity index (χ4v) is 6.20. The second kappa shape index (κ2) is 10.6. The van der Waals surface area contributed by atoms with E-state index in [4.69, 9.17) is 27.9 Å². The molecule has 0 bridgehead atoms. The molecule has 1 atom stereocenters. The number of nitrogens with zero attached hydrogens (tertiary/aromatic N) is 1. The lowest BCUT2D eigenvalue weighted by Gasteiger charge is -2.32. The fraction of sp³-hybridized carbons (Fsp3) is 0.500. The van der Waals surface area contributed by atoms with Crippen LogP contribution in [0, 0.1) is 5.92 Å². The summed E-state index contributed by atoms with van der Waals surface area (Å²) in [4.78, 5) is 29.3. The topological polar surface area (TPSA) is 58.6 Å². The van der Waals surface area contributed by atoms with Crippen LogP contribution in [0.1, 0.15) is 59.0 Å². The van der Waals surface area contributed by atoms with Gasteiger partial charge in [-0.05, 0) is 75.3 Å². The number of carbonyl (C=O) groups is 2. The van der Waals surface area contributed by atoms with Crippen LogP contribution in [0.5, 0.6) is 0 Å². The Hall–Kier alpha value is -1.60. The molecule has 1 fully saturated rings. The molecule has 8 heteroatoms. The van der Waals surface area contributed by atoms with Gasteiger partial charge in [-0.25, -0.2) is 4.79 Å². The SMILES string of the molecule is CCOC(=O)c1c(NC(=O)C2CCCN(Cc3ccc(Cl)c(Cl)c3)C2)sc2c1CCCC2. The first kappa shape index (κ1) is 23.6. The van der Waals surface area contributed by atoms with E-state index in [9.17, 15) is 9.59 Å². The molecule has 32 heavy (non-hydrogen) atoms. The standard InChI is InChI=1S/C24H28Cl2N2O3S/c1-2-31-24(30)21-17-7-3-4-8-20(17)32-23(21)27-22(29)16-6-5-11-28(14-16)13-15-9-10-18(25)19(26)12-15/h9-10,12,16H,2-8,11,13-14H2,1H3,(H,27,29). The number of nitrogens with one attached hydrogen (secondary N) is 1. The number of anilines is 1. The quantitative estimate of drug-likeness (QED) is 0.503. The van der Waals surface area contributed by atoms with Gasteiger partial charge in [0.15, 0.2) is 0 Å². The molecule has 1 unspecified atom stereocenters. The van der Waals surface area contributed by atoms with Crippen molar-refractivity contribution in [2.24, 2.45) is 5.92 Å². The monoisotopic (exact) mass is 494 g/mol. The third-order valence-electron chi connectivity index (χ3n) is 6.15. The Morgan fingerprint density at radius 1 is 1.19 bits per heavy atom. The Bertz CT molecular complexity index is 1010. The molecule has 2 heterocycles. The molecule has 1 N–H and O–H groups in total. The zero-order chi connectivity index (χ0) is 22.7. The van der Waals surface area contributed by atoms with Gasteiger partial charge in [0, 0.05) is 18.0 Å². The van der Waals surface area contributed by atoms with Gasteiger partial charge in [0.1, 0.15) is 5.00 Å². The number of thiophene rings is 1. The lowest BCUT2D eigenvalue weighted by atomic mass is 9.95. The van der Waals surface area contributed by atoms with Crippen LogP contribution in [0.4, 0.5) is 5.00 Å². The molecule has 1 aromatic heterocycles. The molecular weight excluding hydrogens is 467 g/mol. The number of ether oxygens (including phenoxy) is 1.